The summed E-state index contributed by atoms with van der Waals surface area (Å²) in [6.07, 6.45) is 1.13. The van der Waals surface area contributed by atoms with Crippen LogP contribution >= 0.6 is 43.5 Å². The van der Waals surface area contributed by atoms with E-state index in [4.69, 9.17) is 11.6 Å². The predicted octanol–water partition coefficient (Wildman–Crippen LogP) is 3.75. The van der Waals surface area contributed by atoms with Crippen LogP contribution in [0.2, 0.25) is 5.15 Å². The molecular weight excluding hydrogens is 409 g/mol. The fraction of sp³-hybridized carbons (Fsp3) is 0.0909. The van der Waals surface area contributed by atoms with Gasteiger partial charge >= 0.3 is 0 Å². The van der Waals surface area contributed by atoms with Crippen LogP contribution in [0.25, 0.3) is 0 Å². The van der Waals surface area contributed by atoms with Gasteiger partial charge in [-0.25, -0.2) is 13.8 Å². The normalized spacial score (nSPS) is 10.8. The van der Waals surface area contributed by atoms with Gasteiger partial charge in [0.1, 0.15) is 16.1 Å². The van der Waals surface area contributed by atoms with E-state index in [1.165, 1.54) is 6.07 Å². The predicted molar refractivity (Wildman–Crippen MR) is 74.4 cm³/mol. The molecule has 100 valence electrons. The minimum absolute atomic E-state index is 0.00330. The molecule has 0 bridgehead atoms. The summed E-state index contributed by atoms with van der Waals surface area (Å²) in [6.45, 7) is -0.279. The molecule has 0 saturated carbocycles. The van der Waals surface area contributed by atoms with E-state index >= 15 is 0 Å². The van der Waals surface area contributed by atoms with Crippen molar-refractivity contribution in [3.8, 4) is 0 Å². The van der Waals surface area contributed by atoms with Crippen molar-refractivity contribution < 1.29 is 8.78 Å². The first-order valence-electron chi connectivity index (χ1n) is 4.94. The molecule has 0 amide bonds. The topological polar surface area (TPSA) is 34.9 Å². The van der Waals surface area contributed by atoms with Gasteiger partial charge in [0.05, 0.1) is 17.3 Å². The number of aromatic nitrogens is 2. The Labute approximate surface area is 128 Å². The van der Waals surface area contributed by atoms with E-state index in [2.05, 4.69) is 36.8 Å². The van der Waals surface area contributed by atoms with Crippen LogP contribution in [0.3, 0.4) is 0 Å². The van der Waals surface area contributed by atoms with Gasteiger partial charge in [0, 0.05) is 5.56 Å². The molecule has 0 N–H and O–H groups in total. The third-order valence-electron chi connectivity index (χ3n) is 2.41. The van der Waals surface area contributed by atoms with Crippen LogP contribution in [0.4, 0.5) is 8.78 Å². The molecule has 0 saturated heterocycles. The molecule has 0 aliphatic heterocycles. The molecule has 8 heteroatoms. The lowest BCUT2D eigenvalue weighted by atomic mass is 10.2. The first-order chi connectivity index (χ1) is 8.91. The van der Waals surface area contributed by atoms with Gasteiger partial charge in [-0.2, -0.15) is 0 Å². The van der Waals surface area contributed by atoms with Crippen LogP contribution in [0, 0.1) is 11.6 Å². The summed E-state index contributed by atoms with van der Waals surface area (Å²) >= 11 is 11.6. The van der Waals surface area contributed by atoms with E-state index in [0.717, 1.165) is 17.0 Å². The van der Waals surface area contributed by atoms with Crippen LogP contribution in [-0.2, 0) is 6.54 Å². The summed E-state index contributed by atoms with van der Waals surface area (Å²) in [5.74, 6) is -1.49. The summed E-state index contributed by atoms with van der Waals surface area (Å²) in [4.78, 5) is 15.6. The second kappa shape index (κ2) is 5.68. The second-order valence-electron chi connectivity index (χ2n) is 3.60. The molecule has 1 heterocycles. The van der Waals surface area contributed by atoms with E-state index in [1.807, 2.05) is 0 Å². The quantitative estimate of drug-likeness (QED) is 0.554. The summed E-state index contributed by atoms with van der Waals surface area (Å²) in [7, 11) is 0. The molecule has 2 rings (SSSR count). The number of benzene rings is 1. The Bertz CT molecular complexity index is 706. The Morgan fingerprint density at radius 2 is 2.00 bits per heavy atom. The highest BCUT2D eigenvalue weighted by molar-refractivity contribution is 9.10. The molecule has 1 aromatic carbocycles. The molecular formula is C11H5Br2ClF2N2O. The van der Waals surface area contributed by atoms with Gasteiger partial charge in [-0.3, -0.25) is 9.36 Å². The van der Waals surface area contributed by atoms with Crippen LogP contribution in [-0.4, -0.2) is 9.55 Å². The van der Waals surface area contributed by atoms with E-state index < -0.39 is 17.2 Å². The molecule has 0 unspecified atom stereocenters. The highest BCUT2D eigenvalue weighted by atomic mass is 79.9. The highest BCUT2D eigenvalue weighted by Crippen LogP contribution is 2.22. The molecule has 0 fully saturated rings. The van der Waals surface area contributed by atoms with Crippen molar-refractivity contribution in [2.24, 2.45) is 0 Å². The fourth-order valence-electron chi connectivity index (χ4n) is 1.44. The zero-order chi connectivity index (χ0) is 14.2. The zero-order valence-corrected chi connectivity index (χ0v) is 13.1. The summed E-state index contributed by atoms with van der Waals surface area (Å²) < 4.78 is 28.6. The van der Waals surface area contributed by atoms with Crippen LogP contribution in [0.15, 0.2) is 32.2 Å². The van der Waals surface area contributed by atoms with Gasteiger partial charge in [0.2, 0.25) is 0 Å². The molecule has 0 atom stereocenters. The fourth-order valence-corrected chi connectivity index (χ4v) is 2.27. The molecule has 0 aliphatic carbocycles. The van der Waals surface area contributed by atoms with E-state index in [-0.39, 0.29) is 26.2 Å². The van der Waals surface area contributed by atoms with E-state index in [0.29, 0.717) is 0 Å². The van der Waals surface area contributed by atoms with Gasteiger partial charge in [0.15, 0.2) is 5.15 Å². The SMILES string of the molecule is O=c1c(Br)c(Cl)ncn1Cc1c(F)ccc(Br)c1F. The van der Waals surface area contributed by atoms with Gasteiger partial charge < -0.3 is 0 Å². The van der Waals surface area contributed by atoms with Crippen molar-refractivity contribution in [3.63, 3.8) is 0 Å². The Balaban J connectivity index is 2.51. The smallest absolute Gasteiger partial charge is 0.269 e. The molecule has 2 aromatic rings. The molecule has 0 spiro atoms. The number of hydrogen-bond acceptors (Lipinski definition) is 2. The third-order valence-corrected chi connectivity index (χ3v) is 4.25. The van der Waals surface area contributed by atoms with Crippen molar-refractivity contribution in [2.45, 2.75) is 6.54 Å². The van der Waals surface area contributed by atoms with Gasteiger partial charge in [0.25, 0.3) is 5.56 Å². The van der Waals surface area contributed by atoms with Gasteiger partial charge in [-0.05, 0) is 44.0 Å². The van der Waals surface area contributed by atoms with Crippen molar-refractivity contribution in [1.29, 1.82) is 0 Å². The summed E-state index contributed by atoms with van der Waals surface area (Å²) in [5.41, 5.74) is -0.744. The molecule has 3 nitrogen and oxygen atoms in total. The van der Waals surface area contributed by atoms with Crippen LogP contribution in [0.1, 0.15) is 5.56 Å². The van der Waals surface area contributed by atoms with Crippen molar-refractivity contribution in [3.05, 3.63) is 60.1 Å². The Morgan fingerprint density at radius 3 is 2.68 bits per heavy atom. The Morgan fingerprint density at radius 1 is 1.32 bits per heavy atom. The lowest BCUT2D eigenvalue weighted by molar-refractivity contribution is 0.536. The lowest BCUT2D eigenvalue weighted by Crippen LogP contribution is -2.23. The third kappa shape index (κ3) is 2.88. The molecule has 19 heavy (non-hydrogen) atoms. The maximum atomic E-state index is 13.8. The zero-order valence-electron chi connectivity index (χ0n) is 9.13. The maximum absolute atomic E-state index is 13.8. The standard InChI is InChI=1S/C11H5Br2ClF2N2O/c12-6-1-2-7(15)5(9(6)16)3-18-4-17-10(14)8(13)11(18)19/h1-2,4H,3H2. The number of hydrogen-bond donors (Lipinski definition) is 0. The highest BCUT2D eigenvalue weighted by Gasteiger charge is 2.15. The van der Waals surface area contributed by atoms with Gasteiger partial charge in [-0.15, -0.1) is 0 Å². The molecule has 0 radical (unpaired) electrons. The lowest BCUT2D eigenvalue weighted by Gasteiger charge is -2.09. The summed E-state index contributed by atoms with van der Waals surface area (Å²) in [5, 5.41) is -0.00330. The number of nitrogens with zero attached hydrogens (tertiary/aromatic N) is 2. The van der Waals surface area contributed by atoms with E-state index in [9.17, 15) is 13.6 Å². The first kappa shape index (κ1) is 14.6. The maximum Gasteiger partial charge on any atom is 0.269 e. The Hall–Kier alpha value is -0.790. The van der Waals surface area contributed by atoms with E-state index in [1.54, 1.807) is 0 Å². The second-order valence-corrected chi connectivity index (χ2v) is 5.61. The van der Waals surface area contributed by atoms with Crippen molar-refractivity contribution in [2.75, 3.05) is 0 Å². The summed E-state index contributed by atoms with van der Waals surface area (Å²) in [6, 6.07) is 2.37. The van der Waals surface area contributed by atoms with Crippen LogP contribution in [0.5, 0.6) is 0 Å². The first-order valence-corrected chi connectivity index (χ1v) is 6.91. The average Bonchev–Trinajstić information content (AvgIpc) is 2.39. The average molecular weight is 414 g/mol. The number of rotatable bonds is 2. The molecule has 1 aromatic heterocycles. The minimum atomic E-state index is -0.752. The van der Waals surface area contributed by atoms with Crippen molar-refractivity contribution in [1.82, 2.24) is 9.55 Å². The molecule has 0 aliphatic rings. The monoisotopic (exact) mass is 412 g/mol. The minimum Gasteiger partial charge on any atom is -0.293 e. The largest absolute Gasteiger partial charge is 0.293 e. The number of halogens is 5. The van der Waals surface area contributed by atoms with Gasteiger partial charge in [-0.1, -0.05) is 11.6 Å². The van der Waals surface area contributed by atoms with Crippen LogP contribution < -0.4 is 5.56 Å². The Kier molecular flexibility index (Phi) is 4.37. The van der Waals surface area contributed by atoms with Crippen molar-refractivity contribution >= 4 is 43.5 Å².